The van der Waals surface area contributed by atoms with Crippen molar-refractivity contribution in [3.8, 4) is 0 Å². The van der Waals surface area contributed by atoms with Gasteiger partial charge in [-0.2, -0.15) is 0 Å². The lowest BCUT2D eigenvalue weighted by Gasteiger charge is -2.45. The molecule has 2 heterocycles. The first kappa shape index (κ1) is 47.6. The third kappa shape index (κ3) is 12.2. The molecule has 64 heavy (non-hydrogen) atoms. The first-order valence-corrected chi connectivity index (χ1v) is 21.3. The number of ketones is 2. The Morgan fingerprint density at radius 3 is 2.05 bits per heavy atom. The number of aliphatic hydroxyl groups is 1. The van der Waals surface area contributed by atoms with E-state index >= 15 is 0 Å². The van der Waals surface area contributed by atoms with Crippen molar-refractivity contribution in [2.75, 3.05) is 26.9 Å². The number of imide groups is 1. The largest absolute Gasteiger partial charge is 0.453 e. The number of hydrogen-bond donors (Lipinski definition) is 1. The van der Waals surface area contributed by atoms with E-state index in [9.17, 15) is 29.1 Å². The Kier molecular flexibility index (Phi) is 17.2. The van der Waals surface area contributed by atoms with Gasteiger partial charge in [0.25, 0.3) is 0 Å². The van der Waals surface area contributed by atoms with Crippen molar-refractivity contribution < 1.29 is 62.2 Å². The van der Waals surface area contributed by atoms with E-state index in [0.717, 1.165) is 34.6 Å². The lowest BCUT2D eigenvalue weighted by Crippen LogP contribution is -2.61. The smallest absolute Gasteiger partial charge is 0.417 e. The highest BCUT2D eigenvalue weighted by atomic mass is 16.7. The molecule has 6 rings (SSSR count). The number of carbonyl (C=O) groups excluding carboxylic acids is 5. The summed E-state index contributed by atoms with van der Waals surface area (Å²) in [7, 11) is 1.46. The van der Waals surface area contributed by atoms with Gasteiger partial charge < -0.3 is 38.3 Å². The molecule has 8 unspecified atom stereocenters. The minimum absolute atomic E-state index is 0.0329. The quantitative estimate of drug-likeness (QED) is 0.0546. The molecule has 338 valence electrons. The van der Waals surface area contributed by atoms with Crippen LogP contribution in [0.15, 0.2) is 121 Å². The fourth-order valence-corrected chi connectivity index (χ4v) is 7.78. The minimum atomic E-state index is -1.67. The van der Waals surface area contributed by atoms with Gasteiger partial charge in [-0.1, -0.05) is 121 Å². The lowest BCUT2D eigenvalue weighted by atomic mass is 9.92. The molecule has 4 aromatic rings. The summed E-state index contributed by atoms with van der Waals surface area (Å²) in [6.45, 7) is 4.33. The molecule has 2 aliphatic heterocycles. The molecule has 8 atom stereocenters. The Balaban J connectivity index is 1.20. The monoisotopic (exact) mass is 877 g/mol. The Morgan fingerprint density at radius 2 is 1.45 bits per heavy atom. The first-order valence-electron chi connectivity index (χ1n) is 21.3. The normalized spacial score (nSPS) is 22.0. The molecule has 4 aromatic carbocycles. The maximum absolute atomic E-state index is 14.2. The number of allylic oxidation sites excluding steroid dienone is 1. The van der Waals surface area contributed by atoms with Gasteiger partial charge in [-0.15, -0.1) is 0 Å². The number of benzene rings is 4. The Morgan fingerprint density at radius 1 is 0.828 bits per heavy atom. The lowest BCUT2D eigenvalue weighted by molar-refractivity contribution is -0.319. The van der Waals surface area contributed by atoms with Crippen molar-refractivity contribution in [1.82, 2.24) is 4.90 Å². The molecule has 0 aliphatic carbocycles. The van der Waals surface area contributed by atoms with Gasteiger partial charge >= 0.3 is 12.1 Å². The van der Waals surface area contributed by atoms with Crippen molar-refractivity contribution in [3.63, 3.8) is 0 Å². The predicted molar refractivity (Wildman–Crippen MR) is 233 cm³/mol. The molecule has 0 radical (unpaired) electrons. The molecule has 14 heteroatoms. The number of Topliss-reactive ketones (excluding diaryl/α,β-unsaturated/α-hetero) is 1. The Bertz CT molecular complexity index is 2220. The molecule has 0 spiro atoms. The van der Waals surface area contributed by atoms with E-state index in [2.05, 4.69) is 0 Å². The topological polar surface area (TPSA) is 173 Å². The number of cyclic esters (lactones) is 1. The number of carbonyl (C=O) groups is 5. The summed E-state index contributed by atoms with van der Waals surface area (Å²) in [4.78, 5) is 68.6. The average Bonchev–Trinajstić information content (AvgIpc) is 3.70. The number of ether oxygens (including phenoxy) is 7. The second-order valence-electron chi connectivity index (χ2n) is 15.7. The fraction of sp³-hybridized carbons (Fsp3) is 0.380. The van der Waals surface area contributed by atoms with Crippen molar-refractivity contribution in [3.05, 3.63) is 149 Å². The van der Waals surface area contributed by atoms with Gasteiger partial charge in [-0.3, -0.25) is 19.2 Å². The number of hydrogen-bond acceptors (Lipinski definition) is 13. The minimum Gasteiger partial charge on any atom is -0.453 e. The van der Waals surface area contributed by atoms with E-state index in [4.69, 9.17) is 33.2 Å². The van der Waals surface area contributed by atoms with Gasteiger partial charge in [0.1, 0.15) is 37.1 Å². The number of methoxy groups -OCH3 is 1. The van der Waals surface area contributed by atoms with Gasteiger partial charge in [0, 0.05) is 32.6 Å². The van der Waals surface area contributed by atoms with E-state index < -0.39 is 78.3 Å². The number of nitrogens with zero attached hydrogens (tertiary/aromatic N) is 1. The number of aryl methyl sites for hydroxylation is 1. The molecule has 1 N–H and O–H groups in total. The molecule has 0 saturated carbocycles. The van der Waals surface area contributed by atoms with Crippen LogP contribution in [0.2, 0.25) is 0 Å². The van der Waals surface area contributed by atoms with Crippen molar-refractivity contribution in [1.29, 1.82) is 0 Å². The predicted octanol–water partition coefficient (Wildman–Crippen LogP) is 6.50. The zero-order valence-electron chi connectivity index (χ0n) is 36.4. The van der Waals surface area contributed by atoms with Gasteiger partial charge in [0.05, 0.1) is 25.7 Å². The standard InChI is InChI=1S/C50H55NO13/c1-32-16-14-23-38(26-32)39(27-42(55)44(63-34(3)53)33(2)48(56)51-40(31-62-50(51)57)37-21-12-7-13-22-37)41(54)24-15-25-59-47-46(61-30-36-19-10-6-11-20-36)45(43(28-52)64-49(47)58-4)60-29-35-17-8-5-9-18-35/h5-14,16-23,26-27,33,40,43-47,49,52H,15,24-25,28-31H2,1-4H3. The van der Waals surface area contributed by atoms with Gasteiger partial charge in [-0.25, -0.2) is 9.69 Å². The van der Waals surface area contributed by atoms with Crippen LogP contribution < -0.4 is 0 Å². The second-order valence-corrected chi connectivity index (χ2v) is 15.7. The average molecular weight is 878 g/mol. The van der Waals surface area contributed by atoms with Crippen LogP contribution in [0, 0.1) is 12.8 Å². The van der Waals surface area contributed by atoms with Crippen molar-refractivity contribution in [2.24, 2.45) is 5.92 Å². The van der Waals surface area contributed by atoms with E-state index in [1.165, 1.54) is 14.0 Å². The van der Waals surface area contributed by atoms with Crippen LogP contribution >= 0.6 is 0 Å². The SMILES string of the molecule is COC1OC(CO)C(OCc2ccccc2)C(OCc2ccccc2)C1OCCCC(=O)C(=CC(=O)C(OC(C)=O)C(C)C(=O)N1C(=O)OCC1c1ccccc1)c1cccc(C)c1. The number of aliphatic hydroxyl groups excluding tert-OH is 1. The molecule has 2 fully saturated rings. The number of rotatable bonds is 21. The molecular formula is C50H55NO13. The van der Waals surface area contributed by atoms with Crippen LogP contribution in [0.1, 0.15) is 60.5 Å². The Hall–Kier alpha value is -5.87. The molecule has 2 amide bonds. The van der Waals surface area contributed by atoms with Crippen molar-refractivity contribution >= 4 is 35.1 Å². The van der Waals surface area contributed by atoms with Crippen LogP contribution in [0.5, 0.6) is 0 Å². The van der Waals surface area contributed by atoms with E-state index in [1.54, 1.807) is 48.5 Å². The summed E-state index contributed by atoms with van der Waals surface area (Å²) < 4.78 is 41.9. The number of amides is 2. The summed E-state index contributed by atoms with van der Waals surface area (Å²) >= 11 is 0. The van der Waals surface area contributed by atoms with E-state index in [0.29, 0.717) is 11.1 Å². The zero-order chi connectivity index (χ0) is 45.6. The van der Waals surface area contributed by atoms with E-state index in [-0.39, 0.29) is 51.4 Å². The van der Waals surface area contributed by atoms with Gasteiger partial charge in [0.15, 0.2) is 24.0 Å². The fourth-order valence-electron chi connectivity index (χ4n) is 7.78. The molecule has 2 saturated heterocycles. The highest BCUT2D eigenvalue weighted by molar-refractivity contribution is 6.25. The highest BCUT2D eigenvalue weighted by Gasteiger charge is 2.49. The maximum Gasteiger partial charge on any atom is 0.417 e. The first-order chi connectivity index (χ1) is 31.0. The molecular weight excluding hydrogens is 823 g/mol. The van der Waals surface area contributed by atoms with Crippen LogP contribution in [-0.2, 0) is 65.5 Å². The summed E-state index contributed by atoms with van der Waals surface area (Å²) in [5.74, 6) is -4.18. The Labute approximate surface area is 373 Å². The highest BCUT2D eigenvalue weighted by Crippen LogP contribution is 2.33. The van der Waals surface area contributed by atoms with Gasteiger partial charge in [-0.05, 0) is 48.6 Å². The zero-order valence-corrected chi connectivity index (χ0v) is 36.4. The van der Waals surface area contributed by atoms with Crippen LogP contribution in [0.25, 0.3) is 5.57 Å². The summed E-state index contributed by atoms with van der Waals surface area (Å²) in [6, 6.07) is 34.2. The van der Waals surface area contributed by atoms with Crippen molar-refractivity contribution in [2.45, 2.75) is 89.7 Å². The molecule has 0 aromatic heterocycles. The summed E-state index contributed by atoms with van der Waals surface area (Å²) in [5.41, 5.74) is 3.76. The molecule has 0 bridgehead atoms. The molecule has 14 nitrogen and oxygen atoms in total. The third-order valence-electron chi connectivity index (χ3n) is 11.1. The summed E-state index contributed by atoms with van der Waals surface area (Å²) in [6.07, 6.45) is -5.51. The van der Waals surface area contributed by atoms with Crippen LogP contribution in [0.3, 0.4) is 0 Å². The van der Waals surface area contributed by atoms with Crippen LogP contribution in [-0.4, -0.2) is 103 Å². The maximum atomic E-state index is 14.2. The summed E-state index contributed by atoms with van der Waals surface area (Å²) in [5, 5.41) is 10.4. The van der Waals surface area contributed by atoms with Crippen LogP contribution in [0.4, 0.5) is 4.79 Å². The molecule has 2 aliphatic rings. The second kappa shape index (κ2) is 23.2. The van der Waals surface area contributed by atoms with Gasteiger partial charge in [0.2, 0.25) is 5.91 Å². The van der Waals surface area contributed by atoms with E-state index in [1.807, 2.05) is 73.7 Å². The number of esters is 1. The third-order valence-corrected chi connectivity index (χ3v) is 11.1.